The lowest BCUT2D eigenvalue weighted by Gasteiger charge is -2.28. The van der Waals surface area contributed by atoms with Crippen molar-refractivity contribution < 1.29 is 4.74 Å². The number of hydrogen-bond donors (Lipinski definition) is 2. The molecule has 2 N–H and O–H groups in total. The first kappa shape index (κ1) is 17.2. The predicted octanol–water partition coefficient (Wildman–Crippen LogP) is 1.45. The van der Waals surface area contributed by atoms with Crippen molar-refractivity contribution in [3.8, 4) is 0 Å². The van der Waals surface area contributed by atoms with E-state index in [0.717, 1.165) is 19.0 Å². The van der Waals surface area contributed by atoms with Crippen LogP contribution in [0.1, 0.15) is 40.0 Å². The van der Waals surface area contributed by atoms with E-state index in [0.29, 0.717) is 6.04 Å². The highest BCUT2D eigenvalue weighted by Crippen LogP contribution is 2.13. The van der Waals surface area contributed by atoms with Gasteiger partial charge in [-0.25, -0.2) is 0 Å². The third-order valence-electron chi connectivity index (χ3n) is 4.09. The highest BCUT2D eigenvalue weighted by Gasteiger charge is 2.21. The Balaban J connectivity index is 2.36. The molecule has 1 fully saturated rings. The first-order valence-corrected chi connectivity index (χ1v) is 7.76. The van der Waals surface area contributed by atoms with E-state index >= 15 is 0 Å². The molecule has 1 aliphatic rings. The molecule has 0 aromatic carbocycles. The summed E-state index contributed by atoms with van der Waals surface area (Å²) in [5.41, 5.74) is -0.184. The quantitative estimate of drug-likeness (QED) is 0.549. The summed E-state index contributed by atoms with van der Waals surface area (Å²) in [7, 11) is 3.55. The number of hydrogen-bond acceptors (Lipinski definition) is 3. The van der Waals surface area contributed by atoms with Gasteiger partial charge in [-0.3, -0.25) is 9.89 Å². The molecule has 1 heterocycles. The van der Waals surface area contributed by atoms with Gasteiger partial charge in [-0.1, -0.05) is 6.92 Å². The second kappa shape index (κ2) is 8.47. The Morgan fingerprint density at radius 3 is 2.45 bits per heavy atom. The molecule has 1 unspecified atom stereocenters. The molecule has 1 rings (SSSR count). The number of ether oxygens (including phenoxy) is 1. The lowest BCUT2D eigenvalue weighted by Crippen LogP contribution is -2.49. The molecule has 0 spiro atoms. The van der Waals surface area contributed by atoms with Crippen LogP contribution in [0.2, 0.25) is 0 Å². The van der Waals surface area contributed by atoms with Crippen LogP contribution in [0.3, 0.4) is 0 Å². The number of nitrogens with zero attached hydrogens (tertiary/aromatic N) is 2. The number of methoxy groups -OCH3 is 1. The van der Waals surface area contributed by atoms with E-state index in [4.69, 9.17) is 4.74 Å². The lowest BCUT2D eigenvalue weighted by atomic mass is 10.1. The summed E-state index contributed by atoms with van der Waals surface area (Å²) in [6.07, 6.45) is 3.85. The molecule has 5 heteroatoms. The molecule has 0 aromatic heterocycles. The van der Waals surface area contributed by atoms with E-state index in [1.807, 2.05) is 7.05 Å². The van der Waals surface area contributed by atoms with Crippen LogP contribution < -0.4 is 10.6 Å². The van der Waals surface area contributed by atoms with Crippen molar-refractivity contribution in [1.82, 2.24) is 15.5 Å². The Morgan fingerprint density at radius 2 is 1.95 bits per heavy atom. The summed E-state index contributed by atoms with van der Waals surface area (Å²) < 4.78 is 5.41. The smallest absolute Gasteiger partial charge is 0.191 e. The van der Waals surface area contributed by atoms with Gasteiger partial charge in [-0.15, -0.1) is 0 Å². The van der Waals surface area contributed by atoms with Gasteiger partial charge in [-0.05, 0) is 46.2 Å². The van der Waals surface area contributed by atoms with Crippen LogP contribution >= 0.6 is 0 Å². The van der Waals surface area contributed by atoms with Gasteiger partial charge < -0.3 is 15.4 Å². The summed E-state index contributed by atoms with van der Waals surface area (Å²) in [6, 6.07) is 0.603. The molecule has 118 valence electrons. The van der Waals surface area contributed by atoms with E-state index in [1.165, 1.54) is 32.4 Å². The fourth-order valence-corrected chi connectivity index (χ4v) is 2.44. The van der Waals surface area contributed by atoms with Gasteiger partial charge in [-0.2, -0.15) is 0 Å². The van der Waals surface area contributed by atoms with E-state index < -0.39 is 0 Å². The minimum Gasteiger partial charge on any atom is -0.377 e. The maximum Gasteiger partial charge on any atom is 0.191 e. The highest BCUT2D eigenvalue weighted by atomic mass is 16.5. The van der Waals surface area contributed by atoms with Crippen molar-refractivity contribution >= 4 is 5.96 Å². The minimum absolute atomic E-state index is 0.184. The largest absolute Gasteiger partial charge is 0.377 e. The Bertz CT molecular complexity index is 298. The fourth-order valence-electron chi connectivity index (χ4n) is 2.44. The summed E-state index contributed by atoms with van der Waals surface area (Å²) in [5, 5.41) is 6.76. The van der Waals surface area contributed by atoms with E-state index in [1.54, 1.807) is 7.11 Å². The molecular formula is C15H32N4O. The highest BCUT2D eigenvalue weighted by molar-refractivity contribution is 5.79. The van der Waals surface area contributed by atoms with Crippen molar-refractivity contribution in [1.29, 1.82) is 0 Å². The minimum atomic E-state index is -0.184. The Labute approximate surface area is 124 Å². The van der Waals surface area contributed by atoms with Crippen LogP contribution in [-0.4, -0.2) is 62.8 Å². The van der Waals surface area contributed by atoms with Crippen molar-refractivity contribution in [2.24, 2.45) is 4.99 Å². The Kier molecular flexibility index (Phi) is 7.30. The first-order valence-electron chi connectivity index (χ1n) is 7.76. The molecule has 0 bridgehead atoms. The molecule has 0 saturated carbocycles. The van der Waals surface area contributed by atoms with Gasteiger partial charge in [0.2, 0.25) is 0 Å². The Morgan fingerprint density at radius 1 is 1.30 bits per heavy atom. The van der Waals surface area contributed by atoms with Crippen LogP contribution in [-0.2, 0) is 4.74 Å². The van der Waals surface area contributed by atoms with E-state index in [2.05, 4.69) is 41.3 Å². The summed E-state index contributed by atoms with van der Waals surface area (Å²) in [5.74, 6) is 0.854. The van der Waals surface area contributed by atoms with Crippen molar-refractivity contribution in [2.75, 3.05) is 40.3 Å². The first-order chi connectivity index (χ1) is 9.52. The average Bonchev–Trinajstić information content (AvgIpc) is 2.97. The van der Waals surface area contributed by atoms with Gasteiger partial charge in [0.05, 0.1) is 5.60 Å². The van der Waals surface area contributed by atoms with Crippen LogP contribution in [0.5, 0.6) is 0 Å². The molecule has 1 aliphatic heterocycles. The van der Waals surface area contributed by atoms with Gasteiger partial charge in [0.25, 0.3) is 0 Å². The second-order valence-corrected chi connectivity index (χ2v) is 6.08. The van der Waals surface area contributed by atoms with Gasteiger partial charge in [0.15, 0.2) is 5.96 Å². The van der Waals surface area contributed by atoms with Crippen molar-refractivity contribution in [3.05, 3.63) is 0 Å². The molecule has 0 amide bonds. The molecule has 1 saturated heterocycles. The van der Waals surface area contributed by atoms with Gasteiger partial charge in [0, 0.05) is 33.3 Å². The number of likely N-dealkylation sites (tertiary alicyclic amines) is 1. The average molecular weight is 284 g/mol. The molecule has 1 atom stereocenters. The standard InChI is InChI=1S/C15H32N4O/c1-6-13(19-9-7-8-10-19)11-17-14(16-4)18-12-15(2,3)20-5/h13H,6-12H2,1-5H3,(H2,16,17,18). The zero-order chi connectivity index (χ0) is 15.0. The number of nitrogens with one attached hydrogen (secondary N) is 2. The third-order valence-corrected chi connectivity index (χ3v) is 4.09. The van der Waals surface area contributed by atoms with Crippen molar-refractivity contribution in [2.45, 2.75) is 51.7 Å². The molecule has 0 radical (unpaired) electrons. The molecular weight excluding hydrogens is 252 g/mol. The Hall–Kier alpha value is -0.810. The van der Waals surface area contributed by atoms with E-state index in [9.17, 15) is 0 Å². The zero-order valence-electron chi connectivity index (χ0n) is 13.8. The molecule has 5 nitrogen and oxygen atoms in total. The van der Waals surface area contributed by atoms with Crippen LogP contribution in [0, 0.1) is 0 Å². The van der Waals surface area contributed by atoms with Crippen LogP contribution in [0.4, 0.5) is 0 Å². The van der Waals surface area contributed by atoms with E-state index in [-0.39, 0.29) is 5.60 Å². The summed E-state index contributed by atoms with van der Waals surface area (Å²) >= 11 is 0. The van der Waals surface area contributed by atoms with Crippen LogP contribution in [0.25, 0.3) is 0 Å². The summed E-state index contributed by atoms with van der Waals surface area (Å²) in [6.45, 7) is 10.5. The fraction of sp³-hybridized carbons (Fsp3) is 0.933. The maximum absolute atomic E-state index is 5.41. The topological polar surface area (TPSA) is 48.9 Å². The number of aliphatic imine (C=N–C) groups is 1. The lowest BCUT2D eigenvalue weighted by molar-refractivity contribution is 0.0268. The zero-order valence-corrected chi connectivity index (χ0v) is 13.8. The monoisotopic (exact) mass is 284 g/mol. The van der Waals surface area contributed by atoms with Crippen molar-refractivity contribution in [3.63, 3.8) is 0 Å². The maximum atomic E-state index is 5.41. The normalized spacial score (nSPS) is 19.1. The third kappa shape index (κ3) is 5.67. The van der Waals surface area contributed by atoms with Gasteiger partial charge >= 0.3 is 0 Å². The molecule has 0 aliphatic carbocycles. The summed E-state index contributed by atoms with van der Waals surface area (Å²) in [4.78, 5) is 6.86. The second-order valence-electron chi connectivity index (χ2n) is 6.08. The van der Waals surface area contributed by atoms with Gasteiger partial charge in [0.1, 0.15) is 0 Å². The number of guanidine groups is 1. The molecule has 20 heavy (non-hydrogen) atoms. The molecule has 0 aromatic rings. The predicted molar refractivity (Wildman–Crippen MR) is 85.3 cm³/mol. The SMILES string of the molecule is CCC(CNC(=NC)NCC(C)(C)OC)N1CCCC1. The number of rotatable bonds is 7. The van der Waals surface area contributed by atoms with Crippen LogP contribution in [0.15, 0.2) is 4.99 Å².